The summed E-state index contributed by atoms with van der Waals surface area (Å²) in [5, 5.41) is 3.45. The van der Waals surface area contributed by atoms with Crippen molar-refractivity contribution in [3.05, 3.63) is 34.7 Å². The number of nitrogens with zero attached hydrogens (tertiary/aromatic N) is 1. The first-order chi connectivity index (χ1) is 9.28. The van der Waals surface area contributed by atoms with E-state index in [9.17, 15) is 0 Å². The zero-order valence-corrected chi connectivity index (χ0v) is 12.1. The van der Waals surface area contributed by atoms with E-state index >= 15 is 0 Å². The molecule has 1 aliphatic rings. The van der Waals surface area contributed by atoms with E-state index in [-0.39, 0.29) is 0 Å². The third kappa shape index (κ3) is 2.52. The minimum absolute atomic E-state index is 0.675. The van der Waals surface area contributed by atoms with Crippen molar-refractivity contribution in [1.29, 1.82) is 0 Å². The Labute approximate surface area is 118 Å². The summed E-state index contributed by atoms with van der Waals surface area (Å²) in [7, 11) is 0. The highest BCUT2D eigenvalue weighted by atomic mass is 32.1. The van der Waals surface area contributed by atoms with E-state index < -0.39 is 0 Å². The minimum atomic E-state index is 0.675. The normalized spacial score (nSPS) is 22.8. The summed E-state index contributed by atoms with van der Waals surface area (Å²) in [5.74, 6) is 1.58. The van der Waals surface area contributed by atoms with Gasteiger partial charge in [-0.3, -0.25) is 0 Å². The molecule has 0 amide bonds. The first-order valence-electron chi connectivity index (χ1n) is 7.08. The Morgan fingerprint density at radius 2 is 2.16 bits per heavy atom. The van der Waals surface area contributed by atoms with Crippen LogP contribution in [0.5, 0.6) is 0 Å². The van der Waals surface area contributed by atoms with Gasteiger partial charge in [0, 0.05) is 22.5 Å². The molecule has 3 rings (SSSR count). The lowest BCUT2D eigenvalue weighted by Crippen LogP contribution is -1.95. The van der Waals surface area contributed by atoms with Crippen LogP contribution in [-0.2, 0) is 0 Å². The van der Waals surface area contributed by atoms with Gasteiger partial charge in [0.05, 0.1) is 10.7 Å². The van der Waals surface area contributed by atoms with Gasteiger partial charge in [-0.25, -0.2) is 4.98 Å². The Balaban J connectivity index is 1.82. The molecule has 100 valence electrons. The Kier molecular flexibility index (Phi) is 3.56. The zero-order valence-electron chi connectivity index (χ0n) is 11.3. The van der Waals surface area contributed by atoms with Crippen LogP contribution < -0.4 is 5.73 Å². The van der Waals surface area contributed by atoms with Gasteiger partial charge in [-0.05, 0) is 31.2 Å². The van der Waals surface area contributed by atoms with Crippen molar-refractivity contribution in [3.63, 3.8) is 0 Å². The van der Waals surface area contributed by atoms with Crippen LogP contribution in [0.15, 0.2) is 29.6 Å². The molecule has 0 spiro atoms. The van der Waals surface area contributed by atoms with Crippen molar-refractivity contribution in [2.75, 3.05) is 5.73 Å². The SMILES string of the molecule is CCC1CCC(c2nc(-c3ccccc3N)cs2)C1. The van der Waals surface area contributed by atoms with Gasteiger partial charge in [0.2, 0.25) is 0 Å². The lowest BCUT2D eigenvalue weighted by molar-refractivity contribution is 0.521. The highest BCUT2D eigenvalue weighted by Gasteiger charge is 2.26. The summed E-state index contributed by atoms with van der Waals surface area (Å²) in [4.78, 5) is 4.83. The molecular formula is C16H20N2S. The van der Waals surface area contributed by atoms with Crippen molar-refractivity contribution >= 4 is 17.0 Å². The number of rotatable bonds is 3. The maximum atomic E-state index is 6.02. The molecule has 2 nitrogen and oxygen atoms in total. The van der Waals surface area contributed by atoms with Crippen LogP contribution in [-0.4, -0.2) is 4.98 Å². The lowest BCUT2D eigenvalue weighted by atomic mass is 10.0. The fourth-order valence-electron chi connectivity index (χ4n) is 3.00. The summed E-state index contributed by atoms with van der Waals surface area (Å²) in [5.41, 5.74) is 8.95. The number of hydrogen-bond acceptors (Lipinski definition) is 3. The molecule has 1 aliphatic carbocycles. The Morgan fingerprint density at radius 1 is 1.32 bits per heavy atom. The molecule has 2 atom stereocenters. The summed E-state index contributed by atoms with van der Waals surface area (Å²) in [6.45, 7) is 2.30. The van der Waals surface area contributed by atoms with Gasteiger partial charge in [-0.2, -0.15) is 0 Å². The summed E-state index contributed by atoms with van der Waals surface area (Å²) >= 11 is 1.80. The van der Waals surface area contributed by atoms with Crippen LogP contribution in [0.25, 0.3) is 11.3 Å². The van der Waals surface area contributed by atoms with E-state index in [1.165, 1.54) is 30.7 Å². The maximum absolute atomic E-state index is 6.02. The monoisotopic (exact) mass is 272 g/mol. The van der Waals surface area contributed by atoms with Gasteiger partial charge in [0.1, 0.15) is 0 Å². The molecule has 0 bridgehead atoms. The highest BCUT2D eigenvalue weighted by molar-refractivity contribution is 7.10. The first-order valence-corrected chi connectivity index (χ1v) is 7.96. The van der Waals surface area contributed by atoms with Crippen LogP contribution in [0.3, 0.4) is 0 Å². The van der Waals surface area contributed by atoms with Crippen LogP contribution in [0.4, 0.5) is 5.69 Å². The number of para-hydroxylation sites is 1. The topological polar surface area (TPSA) is 38.9 Å². The van der Waals surface area contributed by atoms with E-state index in [0.29, 0.717) is 5.92 Å². The number of thiazole rings is 1. The largest absolute Gasteiger partial charge is 0.398 e. The molecule has 19 heavy (non-hydrogen) atoms. The van der Waals surface area contributed by atoms with Gasteiger partial charge in [0.25, 0.3) is 0 Å². The second-order valence-electron chi connectivity index (χ2n) is 5.44. The average Bonchev–Trinajstić information content (AvgIpc) is 3.08. The molecule has 1 fully saturated rings. The predicted molar refractivity (Wildman–Crippen MR) is 82.3 cm³/mol. The Hall–Kier alpha value is -1.35. The second kappa shape index (κ2) is 5.33. The Bertz CT molecular complexity index is 561. The third-order valence-electron chi connectivity index (χ3n) is 4.23. The maximum Gasteiger partial charge on any atom is 0.0963 e. The van der Waals surface area contributed by atoms with Crippen LogP contribution in [0.1, 0.15) is 43.5 Å². The second-order valence-corrected chi connectivity index (χ2v) is 6.33. The van der Waals surface area contributed by atoms with Crippen molar-refractivity contribution in [1.82, 2.24) is 4.98 Å². The molecule has 1 saturated carbocycles. The standard InChI is InChI=1S/C16H20N2S/c1-2-11-7-8-12(9-11)16-18-15(10-19-16)13-5-3-4-6-14(13)17/h3-6,10-12H,2,7-9,17H2,1H3. The highest BCUT2D eigenvalue weighted by Crippen LogP contribution is 2.41. The molecule has 1 aromatic carbocycles. The average molecular weight is 272 g/mol. The smallest absolute Gasteiger partial charge is 0.0963 e. The molecule has 0 aliphatic heterocycles. The predicted octanol–water partition coefficient (Wildman–Crippen LogP) is 4.69. The molecule has 1 aromatic heterocycles. The van der Waals surface area contributed by atoms with Gasteiger partial charge < -0.3 is 5.73 Å². The number of anilines is 1. The molecule has 1 heterocycles. The van der Waals surface area contributed by atoms with E-state index in [1.54, 1.807) is 11.3 Å². The summed E-state index contributed by atoms with van der Waals surface area (Å²) in [6.07, 6.45) is 5.29. The van der Waals surface area contributed by atoms with Crippen molar-refractivity contribution in [2.24, 2.45) is 5.92 Å². The number of nitrogen functional groups attached to an aromatic ring is 1. The summed E-state index contributed by atoms with van der Waals surface area (Å²) in [6, 6.07) is 7.98. The van der Waals surface area contributed by atoms with E-state index in [0.717, 1.165) is 22.9 Å². The fourth-order valence-corrected chi connectivity index (χ4v) is 3.97. The van der Waals surface area contributed by atoms with Crippen molar-refractivity contribution in [3.8, 4) is 11.3 Å². The van der Waals surface area contributed by atoms with Crippen molar-refractivity contribution < 1.29 is 0 Å². The molecule has 0 radical (unpaired) electrons. The molecule has 3 heteroatoms. The number of benzene rings is 1. The third-order valence-corrected chi connectivity index (χ3v) is 5.23. The molecule has 2 unspecified atom stereocenters. The van der Waals surface area contributed by atoms with Crippen molar-refractivity contribution in [2.45, 2.75) is 38.5 Å². The summed E-state index contributed by atoms with van der Waals surface area (Å²) < 4.78 is 0. The van der Waals surface area contributed by atoms with Gasteiger partial charge in [-0.15, -0.1) is 11.3 Å². The van der Waals surface area contributed by atoms with E-state index in [1.807, 2.05) is 18.2 Å². The van der Waals surface area contributed by atoms with Gasteiger partial charge in [0.15, 0.2) is 0 Å². The van der Waals surface area contributed by atoms with Gasteiger partial charge in [-0.1, -0.05) is 31.5 Å². The quantitative estimate of drug-likeness (QED) is 0.823. The molecule has 0 saturated heterocycles. The number of aromatic nitrogens is 1. The van der Waals surface area contributed by atoms with E-state index in [2.05, 4.69) is 18.4 Å². The fraction of sp³-hybridized carbons (Fsp3) is 0.438. The lowest BCUT2D eigenvalue weighted by Gasteiger charge is -2.06. The molecule has 2 N–H and O–H groups in total. The van der Waals surface area contributed by atoms with Crippen LogP contribution in [0.2, 0.25) is 0 Å². The van der Waals surface area contributed by atoms with Crippen LogP contribution >= 0.6 is 11.3 Å². The van der Waals surface area contributed by atoms with E-state index in [4.69, 9.17) is 10.7 Å². The first kappa shape index (κ1) is 12.7. The molecule has 2 aromatic rings. The van der Waals surface area contributed by atoms with Crippen LogP contribution in [0, 0.1) is 5.92 Å². The number of hydrogen-bond donors (Lipinski definition) is 1. The zero-order chi connectivity index (χ0) is 13.2. The Morgan fingerprint density at radius 3 is 2.89 bits per heavy atom. The number of nitrogens with two attached hydrogens (primary N) is 1. The molecular weight excluding hydrogens is 252 g/mol. The van der Waals surface area contributed by atoms with Gasteiger partial charge >= 0.3 is 0 Å². The minimum Gasteiger partial charge on any atom is -0.398 e.